The quantitative estimate of drug-likeness (QED) is 0.158. The molecule has 0 unspecified atom stereocenters. The Hall–Kier alpha value is -6.48. The summed E-state index contributed by atoms with van der Waals surface area (Å²) in [6.45, 7) is 0. The Morgan fingerprint density at radius 2 is 0.733 bits per heavy atom. The molecule has 216 valence electrons. The number of methoxy groups -OCH3 is 2. The molecule has 5 nitrogen and oxygen atoms in total. The number of carbonyl (C=O) groups is 2. The number of benzene rings is 5. The summed E-state index contributed by atoms with van der Waals surface area (Å²) in [6, 6.07) is 37.8. The van der Waals surface area contributed by atoms with Crippen LogP contribution in [0.1, 0.15) is 48.5 Å². The van der Waals surface area contributed by atoms with Gasteiger partial charge in [-0.1, -0.05) is 29.6 Å². The van der Waals surface area contributed by atoms with Crippen LogP contribution in [0.15, 0.2) is 121 Å². The zero-order chi connectivity index (χ0) is 31.6. The minimum absolute atomic E-state index is 0.380. The van der Waals surface area contributed by atoms with Crippen LogP contribution in [-0.2, 0) is 9.47 Å². The van der Waals surface area contributed by atoms with Crippen LogP contribution < -0.4 is 4.90 Å². The van der Waals surface area contributed by atoms with Crippen molar-refractivity contribution in [2.24, 2.45) is 0 Å². The van der Waals surface area contributed by atoms with Gasteiger partial charge in [0, 0.05) is 44.9 Å². The molecule has 5 heteroatoms. The van der Waals surface area contributed by atoms with Gasteiger partial charge in [-0.05, 0) is 121 Å². The van der Waals surface area contributed by atoms with E-state index >= 15 is 0 Å². The fourth-order valence-electron chi connectivity index (χ4n) is 4.45. The van der Waals surface area contributed by atoms with E-state index in [0.717, 1.165) is 44.9 Å². The number of terminal acetylenes is 1. The lowest BCUT2D eigenvalue weighted by molar-refractivity contribution is 0.0592. The molecule has 0 aromatic heterocycles. The van der Waals surface area contributed by atoms with Gasteiger partial charge >= 0.3 is 11.9 Å². The third-order valence-corrected chi connectivity index (χ3v) is 6.86. The van der Waals surface area contributed by atoms with E-state index in [1.54, 1.807) is 48.5 Å². The van der Waals surface area contributed by atoms with Gasteiger partial charge in [-0.15, -0.1) is 6.42 Å². The standard InChI is InChI=1S/C40H27NO4/c1-4-29-13-23-36(24-14-29)41(37-25-15-32(16-26-37)7-5-30-9-19-34(20-10-30)39(42)44-2)38-27-17-33(18-28-38)8-6-31-11-21-35(22-12-31)40(43)45-3/h1,9-28H,2-3H3. The van der Waals surface area contributed by atoms with Gasteiger partial charge in [-0.3, -0.25) is 0 Å². The third kappa shape index (κ3) is 7.49. The van der Waals surface area contributed by atoms with Crippen LogP contribution >= 0.6 is 0 Å². The lowest BCUT2D eigenvalue weighted by atomic mass is 10.1. The molecule has 0 amide bonds. The summed E-state index contributed by atoms with van der Waals surface area (Å²) in [4.78, 5) is 25.5. The Kier molecular flexibility index (Phi) is 9.41. The summed E-state index contributed by atoms with van der Waals surface area (Å²) < 4.78 is 9.50. The Morgan fingerprint density at radius 1 is 0.467 bits per heavy atom. The van der Waals surface area contributed by atoms with Crippen LogP contribution in [0.3, 0.4) is 0 Å². The first-order valence-corrected chi connectivity index (χ1v) is 13.9. The monoisotopic (exact) mass is 585 g/mol. The van der Waals surface area contributed by atoms with Gasteiger partial charge in [0.1, 0.15) is 0 Å². The van der Waals surface area contributed by atoms with Crippen LogP contribution in [0, 0.1) is 36.0 Å². The van der Waals surface area contributed by atoms with E-state index in [1.165, 1.54) is 14.2 Å². The van der Waals surface area contributed by atoms with E-state index in [4.69, 9.17) is 15.9 Å². The van der Waals surface area contributed by atoms with Gasteiger partial charge in [-0.25, -0.2) is 9.59 Å². The molecule has 0 radical (unpaired) electrons. The summed E-state index contributed by atoms with van der Waals surface area (Å²) in [5.41, 5.74) is 7.89. The highest BCUT2D eigenvalue weighted by Gasteiger charge is 2.12. The number of hydrogen-bond acceptors (Lipinski definition) is 5. The predicted octanol–water partition coefficient (Wildman–Crippen LogP) is 7.51. The zero-order valence-corrected chi connectivity index (χ0v) is 24.7. The van der Waals surface area contributed by atoms with Gasteiger partial charge in [0.15, 0.2) is 0 Å². The number of rotatable bonds is 5. The number of hydrogen-bond donors (Lipinski definition) is 0. The van der Waals surface area contributed by atoms with Crippen LogP contribution in [-0.4, -0.2) is 26.2 Å². The van der Waals surface area contributed by atoms with Crippen molar-refractivity contribution >= 4 is 29.0 Å². The van der Waals surface area contributed by atoms with Gasteiger partial charge in [0.2, 0.25) is 0 Å². The number of ether oxygens (including phenoxy) is 2. The highest BCUT2D eigenvalue weighted by Crippen LogP contribution is 2.34. The lowest BCUT2D eigenvalue weighted by Gasteiger charge is -2.25. The smallest absolute Gasteiger partial charge is 0.337 e. The van der Waals surface area contributed by atoms with Crippen molar-refractivity contribution in [1.82, 2.24) is 0 Å². The Balaban J connectivity index is 1.39. The molecular weight excluding hydrogens is 558 g/mol. The van der Waals surface area contributed by atoms with E-state index in [0.29, 0.717) is 11.1 Å². The summed E-state index contributed by atoms with van der Waals surface area (Å²) in [5.74, 6) is 14.6. The van der Waals surface area contributed by atoms with Crippen molar-refractivity contribution in [3.8, 4) is 36.0 Å². The summed E-state index contributed by atoms with van der Waals surface area (Å²) >= 11 is 0. The van der Waals surface area contributed by atoms with Crippen molar-refractivity contribution in [3.05, 3.63) is 160 Å². The van der Waals surface area contributed by atoms with Crippen LogP contribution in [0.4, 0.5) is 17.1 Å². The highest BCUT2D eigenvalue weighted by molar-refractivity contribution is 5.90. The van der Waals surface area contributed by atoms with Crippen molar-refractivity contribution in [2.75, 3.05) is 19.1 Å². The van der Waals surface area contributed by atoms with E-state index in [2.05, 4.69) is 34.5 Å². The second kappa shape index (κ2) is 14.1. The first-order valence-electron chi connectivity index (χ1n) is 13.9. The Bertz CT molecular complexity index is 1860. The maximum atomic E-state index is 11.7. The fraction of sp³-hybridized carbons (Fsp3) is 0.0500. The van der Waals surface area contributed by atoms with Gasteiger partial charge in [0.25, 0.3) is 0 Å². The fourth-order valence-corrected chi connectivity index (χ4v) is 4.45. The van der Waals surface area contributed by atoms with Crippen molar-refractivity contribution < 1.29 is 19.1 Å². The van der Waals surface area contributed by atoms with Crippen LogP contribution in [0.2, 0.25) is 0 Å². The molecule has 0 saturated heterocycles. The van der Waals surface area contributed by atoms with Crippen molar-refractivity contribution in [2.45, 2.75) is 0 Å². The topological polar surface area (TPSA) is 55.8 Å². The zero-order valence-electron chi connectivity index (χ0n) is 24.7. The summed E-state index contributed by atoms with van der Waals surface area (Å²) in [7, 11) is 2.71. The number of carbonyl (C=O) groups excluding carboxylic acids is 2. The molecule has 5 aromatic rings. The molecular formula is C40H27NO4. The molecule has 0 aliphatic rings. The average Bonchev–Trinajstić information content (AvgIpc) is 3.11. The molecule has 5 rings (SSSR count). The Morgan fingerprint density at radius 3 is 1.00 bits per heavy atom. The number of nitrogens with zero attached hydrogens (tertiary/aromatic N) is 1. The molecule has 0 aliphatic heterocycles. The summed E-state index contributed by atoms with van der Waals surface area (Å²) in [6.07, 6.45) is 5.60. The third-order valence-electron chi connectivity index (χ3n) is 6.86. The van der Waals surface area contributed by atoms with Crippen molar-refractivity contribution in [1.29, 1.82) is 0 Å². The van der Waals surface area contributed by atoms with E-state index in [1.807, 2.05) is 72.8 Å². The van der Waals surface area contributed by atoms with Crippen LogP contribution in [0.25, 0.3) is 0 Å². The minimum Gasteiger partial charge on any atom is -0.465 e. The van der Waals surface area contributed by atoms with Crippen molar-refractivity contribution in [3.63, 3.8) is 0 Å². The number of anilines is 3. The molecule has 45 heavy (non-hydrogen) atoms. The Labute approximate surface area is 263 Å². The molecule has 0 aliphatic carbocycles. The van der Waals surface area contributed by atoms with E-state index < -0.39 is 0 Å². The van der Waals surface area contributed by atoms with E-state index in [9.17, 15) is 9.59 Å². The molecule has 5 aromatic carbocycles. The number of esters is 2. The van der Waals surface area contributed by atoms with Gasteiger partial charge < -0.3 is 14.4 Å². The first kappa shape index (κ1) is 30.0. The second-order valence-electron chi connectivity index (χ2n) is 9.76. The predicted molar refractivity (Wildman–Crippen MR) is 177 cm³/mol. The molecule has 0 saturated carbocycles. The lowest BCUT2D eigenvalue weighted by Crippen LogP contribution is -2.09. The maximum absolute atomic E-state index is 11.7. The molecule has 0 spiro atoms. The summed E-state index contributed by atoms with van der Waals surface area (Å²) in [5, 5.41) is 0. The first-order chi connectivity index (χ1) is 22.0. The maximum Gasteiger partial charge on any atom is 0.337 e. The highest BCUT2D eigenvalue weighted by atomic mass is 16.5. The second-order valence-corrected chi connectivity index (χ2v) is 9.76. The molecule has 0 heterocycles. The SMILES string of the molecule is C#Cc1ccc(N(c2ccc(C#Cc3ccc(C(=O)OC)cc3)cc2)c2ccc(C#Cc3ccc(C(=O)OC)cc3)cc2)cc1. The normalized spacial score (nSPS) is 9.80. The minimum atomic E-state index is -0.380. The van der Waals surface area contributed by atoms with Gasteiger partial charge in [0.05, 0.1) is 25.3 Å². The molecule has 0 fully saturated rings. The largest absolute Gasteiger partial charge is 0.465 e. The molecule has 0 bridgehead atoms. The molecule has 0 N–H and O–H groups in total. The van der Waals surface area contributed by atoms with Gasteiger partial charge in [-0.2, -0.15) is 0 Å². The van der Waals surface area contributed by atoms with Crippen LogP contribution in [0.5, 0.6) is 0 Å². The molecule has 0 atom stereocenters. The average molecular weight is 586 g/mol. The van der Waals surface area contributed by atoms with E-state index in [-0.39, 0.29) is 11.9 Å².